The van der Waals surface area contributed by atoms with Crippen molar-refractivity contribution in [2.24, 2.45) is 0 Å². The van der Waals surface area contributed by atoms with Crippen LogP contribution in [0.3, 0.4) is 0 Å². The van der Waals surface area contributed by atoms with Crippen molar-refractivity contribution in [3.8, 4) is 0 Å². The molecule has 2 rings (SSSR count). The Hall–Kier alpha value is -1.48. The van der Waals surface area contributed by atoms with E-state index < -0.39 is 0 Å². The van der Waals surface area contributed by atoms with Crippen molar-refractivity contribution < 1.29 is 4.42 Å². The highest BCUT2D eigenvalue weighted by Crippen LogP contribution is 2.21. The summed E-state index contributed by atoms with van der Waals surface area (Å²) in [6.45, 7) is 0.745. The topological polar surface area (TPSA) is 51.2 Å². The smallest absolute Gasteiger partial charge is 0.134 e. The summed E-state index contributed by atoms with van der Waals surface area (Å²) in [7, 11) is 1.89. The van der Waals surface area contributed by atoms with Gasteiger partial charge in [-0.3, -0.25) is 0 Å². The number of hydrogen-bond donors (Lipinski definition) is 2. The van der Waals surface area contributed by atoms with Crippen LogP contribution in [-0.4, -0.2) is 7.05 Å². The van der Waals surface area contributed by atoms with Gasteiger partial charge in [0.25, 0.3) is 0 Å². The number of benzene rings is 1. The Morgan fingerprint density at radius 3 is 3.00 bits per heavy atom. The van der Waals surface area contributed by atoms with E-state index >= 15 is 0 Å². The van der Waals surface area contributed by atoms with Crippen LogP contribution in [0.5, 0.6) is 0 Å². The van der Waals surface area contributed by atoms with Crippen LogP contribution >= 0.6 is 0 Å². The molecule has 0 bridgehead atoms. The number of nitrogens with two attached hydrogens (primary N) is 1. The number of fused-ring (bicyclic) bond motifs is 1. The maximum Gasteiger partial charge on any atom is 0.134 e. The third-order valence-corrected chi connectivity index (χ3v) is 1.94. The van der Waals surface area contributed by atoms with Crippen molar-refractivity contribution in [3.05, 3.63) is 30.0 Å². The van der Waals surface area contributed by atoms with Gasteiger partial charge in [0.2, 0.25) is 0 Å². The second-order valence-electron chi connectivity index (χ2n) is 3.04. The van der Waals surface area contributed by atoms with Gasteiger partial charge in [-0.15, -0.1) is 0 Å². The zero-order valence-corrected chi connectivity index (χ0v) is 7.50. The molecule has 1 heterocycles. The first kappa shape index (κ1) is 8.13. The van der Waals surface area contributed by atoms with E-state index in [0.29, 0.717) is 0 Å². The minimum Gasteiger partial charge on any atom is -0.460 e. The Labute approximate surface area is 76.5 Å². The van der Waals surface area contributed by atoms with Crippen LogP contribution in [0.25, 0.3) is 11.0 Å². The molecule has 0 spiro atoms. The molecule has 0 unspecified atom stereocenters. The number of hydrogen-bond acceptors (Lipinski definition) is 3. The first-order valence-electron chi connectivity index (χ1n) is 4.22. The number of nitrogen functional groups attached to an aromatic ring is 1. The second-order valence-corrected chi connectivity index (χ2v) is 3.04. The summed E-state index contributed by atoms with van der Waals surface area (Å²) in [5.41, 5.74) is 7.31. The van der Waals surface area contributed by atoms with E-state index in [1.54, 1.807) is 0 Å². The molecule has 0 fully saturated rings. The van der Waals surface area contributed by atoms with Crippen molar-refractivity contribution in [3.63, 3.8) is 0 Å². The molecule has 0 atom stereocenters. The van der Waals surface area contributed by atoms with Crippen LogP contribution in [0.15, 0.2) is 28.7 Å². The molecular weight excluding hydrogens is 164 g/mol. The van der Waals surface area contributed by atoms with Gasteiger partial charge < -0.3 is 15.5 Å². The van der Waals surface area contributed by atoms with Crippen molar-refractivity contribution in [2.45, 2.75) is 6.54 Å². The molecule has 0 saturated heterocycles. The number of nitrogens with one attached hydrogen (secondary N) is 1. The first-order valence-corrected chi connectivity index (χ1v) is 4.22. The fourth-order valence-corrected chi connectivity index (χ4v) is 1.38. The van der Waals surface area contributed by atoms with Crippen LogP contribution in [-0.2, 0) is 6.54 Å². The fraction of sp³-hybridized carbons (Fsp3) is 0.200. The lowest BCUT2D eigenvalue weighted by atomic mass is 10.2. The second kappa shape index (κ2) is 3.11. The predicted molar refractivity (Wildman–Crippen MR) is 53.4 cm³/mol. The molecule has 1 aromatic carbocycles. The van der Waals surface area contributed by atoms with Crippen LogP contribution in [0, 0.1) is 0 Å². The lowest BCUT2D eigenvalue weighted by Crippen LogP contribution is -2.03. The number of rotatable bonds is 2. The summed E-state index contributed by atoms with van der Waals surface area (Å²) in [6.07, 6.45) is 0. The number of furan rings is 1. The van der Waals surface area contributed by atoms with Gasteiger partial charge >= 0.3 is 0 Å². The van der Waals surface area contributed by atoms with Gasteiger partial charge in [0.1, 0.15) is 11.3 Å². The summed E-state index contributed by atoms with van der Waals surface area (Å²) < 4.78 is 5.55. The largest absolute Gasteiger partial charge is 0.460 e. The quantitative estimate of drug-likeness (QED) is 0.685. The summed E-state index contributed by atoms with van der Waals surface area (Å²) in [4.78, 5) is 0. The van der Waals surface area contributed by atoms with Gasteiger partial charge in [0, 0.05) is 11.1 Å². The molecule has 3 nitrogen and oxygen atoms in total. The SMILES string of the molecule is CNCc1cc2cc(N)ccc2o1. The molecule has 3 N–H and O–H groups in total. The summed E-state index contributed by atoms with van der Waals surface area (Å²) >= 11 is 0. The zero-order chi connectivity index (χ0) is 9.26. The van der Waals surface area contributed by atoms with E-state index in [9.17, 15) is 0 Å². The molecule has 68 valence electrons. The van der Waals surface area contributed by atoms with E-state index in [1.807, 2.05) is 31.3 Å². The molecule has 0 aliphatic rings. The Bertz CT molecular complexity index is 420. The highest BCUT2D eigenvalue weighted by molar-refractivity contribution is 5.81. The molecule has 1 aromatic heterocycles. The van der Waals surface area contributed by atoms with Crippen LogP contribution in [0.2, 0.25) is 0 Å². The van der Waals surface area contributed by atoms with Gasteiger partial charge in [-0.05, 0) is 31.3 Å². The minimum atomic E-state index is 0.745. The maximum absolute atomic E-state index is 5.65. The van der Waals surface area contributed by atoms with Gasteiger partial charge in [-0.1, -0.05) is 0 Å². The summed E-state index contributed by atoms with van der Waals surface area (Å²) in [5, 5.41) is 4.09. The van der Waals surface area contributed by atoms with Crippen molar-refractivity contribution in [1.82, 2.24) is 5.32 Å². The Balaban J connectivity index is 2.49. The van der Waals surface area contributed by atoms with Gasteiger partial charge in [0.15, 0.2) is 0 Å². The van der Waals surface area contributed by atoms with Crippen molar-refractivity contribution in [1.29, 1.82) is 0 Å². The third-order valence-electron chi connectivity index (χ3n) is 1.94. The predicted octanol–water partition coefficient (Wildman–Crippen LogP) is 1.73. The van der Waals surface area contributed by atoms with E-state index in [2.05, 4.69) is 5.32 Å². The third kappa shape index (κ3) is 1.51. The Morgan fingerprint density at radius 2 is 2.23 bits per heavy atom. The average Bonchev–Trinajstić information content (AvgIpc) is 2.46. The summed E-state index contributed by atoms with van der Waals surface area (Å²) in [6, 6.07) is 7.65. The average molecular weight is 176 g/mol. The maximum atomic E-state index is 5.65. The highest BCUT2D eigenvalue weighted by atomic mass is 16.3. The molecule has 2 aromatic rings. The van der Waals surface area contributed by atoms with Crippen molar-refractivity contribution in [2.75, 3.05) is 12.8 Å². The van der Waals surface area contributed by atoms with E-state index in [-0.39, 0.29) is 0 Å². The summed E-state index contributed by atoms with van der Waals surface area (Å²) in [5.74, 6) is 0.933. The lowest BCUT2D eigenvalue weighted by molar-refractivity contribution is 0.531. The molecule has 0 aliphatic carbocycles. The zero-order valence-electron chi connectivity index (χ0n) is 7.50. The minimum absolute atomic E-state index is 0.745. The van der Waals surface area contributed by atoms with Gasteiger partial charge in [-0.2, -0.15) is 0 Å². The molecule has 0 amide bonds. The highest BCUT2D eigenvalue weighted by Gasteiger charge is 2.02. The molecular formula is C10H12N2O. The van der Waals surface area contributed by atoms with Gasteiger partial charge in [-0.25, -0.2) is 0 Å². The fourth-order valence-electron chi connectivity index (χ4n) is 1.38. The van der Waals surface area contributed by atoms with Crippen LogP contribution in [0.1, 0.15) is 5.76 Å². The van der Waals surface area contributed by atoms with E-state index in [1.165, 1.54) is 0 Å². The first-order chi connectivity index (χ1) is 6.29. The normalized spacial score (nSPS) is 10.8. The van der Waals surface area contributed by atoms with E-state index in [4.69, 9.17) is 10.2 Å². The Morgan fingerprint density at radius 1 is 1.38 bits per heavy atom. The Kier molecular flexibility index (Phi) is 1.94. The molecule has 0 radical (unpaired) electrons. The van der Waals surface area contributed by atoms with Gasteiger partial charge in [0.05, 0.1) is 6.54 Å². The monoisotopic (exact) mass is 176 g/mol. The van der Waals surface area contributed by atoms with Crippen LogP contribution in [0.4, 0.5) is 5.69 Å². The molecule has 0 aliphatic heterocycles. The number of anilines is 1. The molecule has 0 saturated carbocycles. The standard InChI is InChI=1S/C10H12N2O/c1-12-6-9-5-7-4-8(11)2-3-10(7)13-9/h2-5,12H,6,11H2,1H3. The van der Waals surface area contributed by atoms with E-state index in [0.717, 1.165) is 29.0 Å². The lowest BCUT2D eigenvalue weighted by Gasteiger charge is -1.91. The molecule has 13 heavy (non-hydrogen) atoms. The van der Waals surface area contributed by atoms with Crippen molar-refractivity contribution >= 4 is 16.7 Å². The van der Waals surface area contributed by atoms with Crippen LogP contribution < -0.4 is 11.1 Å². The molecule has 3 heteroatoms.